The van der Waals surface area contributed by atoms with Crippen molar-refractivity contribution in [3.63, 3.8) is 0 Å². The van der Waals surface area contributed by atoms with Gasteiger partial charge in [0, 0.05) is 29.0 Å². The highest BCUT2D eigenvalue weighted by Crippen LogP contribution is 2.46. The topological polar surface area (TPSA) is 163 Å². The summed E-state index contributed by atoms with van der Waals surface area (Å²) in [7, 11) is 0. The van der Waals surface area contributed by atoms with E-state index >= 15 is 4.39 Å². The Kier molecular flexibility index (Phi) is 6.76. The number of hydrogen-bond acceptors (Lipinski definition) is 8. The van der Waals surface area contributed by atoms with Crippen molar-refractivity contribution in [2.45, 2.75) is 77.2 Å². The Bertz CT molecular complexity index is 1750. The van der Waals surface area contributed by atoms with E-state index in [9.17, 15) is 24.3 Å². The van der Waals surface area contributed by atoms with Crippen molar-refractivity contribution in [2.75, 3.05) is 6.61 Å². The van der Waals surface area contributed by atoms with Crippen LogP contribution in [-0.4, -0.2) is 39.2 Å². The maximum Gasteiger partial charge on any atom is 0.404 e. The van der Waals surface area contributed by atoms with Crippen LogP contribution in [0.2, 0.25) is 0 Å². The fraction of sp³-hybridized carbons (Fsp3) is 0.433. The van der Waals surface area contributed by atoms with Gasteiger partial charge in [0.15, 0.2) is 5.60 Å². The zero-order chi connectivity index (χ0) is 29.9. The number of carbonyl (C=O) groups excluding carboxylic acids is 3. The zero-order valence-corrected chi connectivity index (χ0v) is 23.3. The number of halogens is 1. The smallest absolute Gasteiger partial charge is 0.404 e. The van der Waals surface area contributed by atoms with Crippen molar-refractivity contribution in [3.8, 4) is 11.4 Å². The number of nitrogens with one attached hydrogen (secondary N) is 1. The first-order valence-electron chi connectivity index (χ1n) is 14.1. The summed E-state index contributed by atoms with van der Waals surface area (Å²) in [5, 5.41) is 15.1. The van der Waals surface area contributed by atoms with Gasteiger partial charge in [0.05, 0.1) is 41.7 Å². The number of primary amides is 1. The van der Waals surface area contributed by atoms with Gasteiger partial charge in [-0.3, -0.25) is 9.59 Å². The molecule has 0 saturated heterocycles. The van der Waals surface area contributed by atoms with E-state index in [0.717, 1.165) is 22.1 Å². The van der Waals surface area contributed by atoms with Gasteiger partial charge in [0.25, 0.3) is 5.56 Å². The number of fused-ring (bicyclic) bond motifs is 5. The molecule has 2 amide bonds. The van der Waals surface area contributed by atoms with Gasteiger partial charge in [-0.15, -0.1) is 0 Å². The number of cyclic esters (lactones) is 1. The second kappa shape index (κ2) is 10.2. The SMILES string of the molecule is CC[C@@]1(O)C(=O)OCc2c1cc1n(c2=O)Cc2c-1nc1cc(F)c(C)c3c1c2[C@@H](NC(=O)CCCCOC(N)=O)CC3. The molecule has 220 valence electrons. The second-order valence-corrected chi connectivity index (χ2v) is 11.1. The van der Waals surface area contributed by atoms with E-state index in [1.54, 1.807) is 19.9 Å². The van der Waals surface area contributed by atoms with Gasteiger partial charge in [-0.2, -0.15) is 0 Å². The van der Waals surface area contributed by atoms with Gasteiger partial charge in [0.1, 0.15) is 12.4 Å². The van der Waals surface area contributed by atoms with Crippen LogP contribution < -0.4 is 16.6 Å². The van der Waals surface area contributed by atoms with Crippen LogP contribution in [0.1, 0.15) is 78.5 Å². The van der Waals surface area contributed by atoms with Crippen LogP contribution in [0.25, 0.3) is 22.3 Å². The number of unbranched alkanes of at least 4 members (excludes halogenated alkanes) is 1. The van der Waals surface area contributed by atoms with Crippen molar-refractivity contribution in [1.29, 1.82) is 0 Å². The van der Waals surface area contributed by atoms with E-state index in [2.05, 4.69) is 5.32 Å². The monoisotopic (exact) mass is 578 g/mol. The van der Waals surface area contributed by atoms with Crippen LogP contribution in [0, 0.1) is 12.7 Å². The first-order chi connectivity index (χ1) is 20.0. The van der Waals surface area contributed by atoms with Crippen LogP contribution in [-0.2, 0) is 44.2 Å². The van der Waals surface area contributed by atoms with Gasteiger partial charge in [-0.1, -0.05) is 6.92 Å². The van der Waals surface area contributed by atoms with Crippen LogP contribution in [0.3, 0.4) is 0 Å². The molecule has 2 aliphatic heterocycles. The molecule has 2 atom stereocenters. The Morgan fingerprint density at radius 2 is 2.05 bits per heavy atom. The molecule has 0 radical (unpaired) electrons. The lowest BCUT2D eigenvalue weighted by Crippen LogP contribution is -2.44. The number of aryl methyl sites for hydroxylation is 1. The van der Waals surface area contributed by atoms with Crippen LogP contribution >= 0.6 is 0 Å². The number of aliphatic hydroxyl groups is 1. The lowest BCUT2D eigenvalue weighted by Gasteiger charge is -2.31. The molecule has 12 heteroatoms. The molecule has 0 spiro atoms. The third kappa shape index (κ3) is 4.23. The molecule has 3 aliphatic rings. The van der Waals surface area contributed by atoms with Crippen molar-refractivity contribution in [1.82, 2.24) is 14.9 Å². The molecule has 0 saturated carbocycles. The number of aromatic nitrogens is 2. The van der Waals surface area contributed by atoms with Crippen molar-refractivity contribution in [2.24, 2.45) is 5.73 Å². The minimum absolute atomic E-state index is 0.0155. The third-order valence-electron chi connectivity index (χ3n) is 8.76. The molecule has 4 N–H and O–H groups in total. The molecule has 11 nitrogen and oxygen atoms in total. The molecule has 0 bridgehead atoms. The van der Waals surface area contributed by atoms with Crippen LogP contribution in [0.4, 0.5) is 9.18 Å². The highest BCUT2D eigenvalue weighted by Gasteiger charge is 2.46. The fourth-order valence-corrected chi connectivity index (χ4v) is 6.53. The highest BCUT2D eigenvalue weighted by molar-refractivity contribution is 5.94. The Hall–Kier alpha value is -4.32. The Morgan fingerprint density at radius 1 is 1.26 bits per heavy atom. The van der Waals surface area contributed by atoms with Gasteiger partial charge >= 0.3 is 12.1 Å². The Morgan fingerprint density at radius 3 is 2.79 bits per heavy atom. The number of ether oxygens (including phenoxy) is 2. The van der Waals surface area contributed by atoms with Gasteiger partial charge in [0.2, 0.25) is 5.91 Å². The van der Waals surface area contributed by atoms with Crippen molar-refractivity contribution in [3.05, 3.63) is 61.7 Å². The number of nitrogens with two attached hydrogens (primary N) is 1. The summed E-state index contributed by atoms with van der Waals surface area (Å²) in [5.41, 5.74) is 7.18. The van der Waals surface area contributed by atoms with E-state index in [0.29, 0.717) is 48.2 Å². The predicted octanol–water partition coefficient (Wildman–Crippen LogP) is 2.90. The number of benzene rings is 1. The van der Waals surface area contributed by atoms with E-state index in [1.165, 1.54) is 10.6 Å². The van der Waals surface area contributed by atoms with Crippen LogP contribution in [0.5, 0.6) is 0 Å². The van der Waals surface area contributed by atoms with E-state index < -0.39 is 29.3 Å². The summed E-state index contributed by atoms with van der Waals surface area (Å²) in [6.07, 6.45) is 1.40. The summed E-state index contributed by atoms with van der Waals surface area (Å²) in [6, 6.07) is 2.58. The molecular weight excluding hydrogens is 547 g/mol. The number of esters is 1. The molecule has 0 fully saturated rings. The summed E-state index contributed by atoms with van der Waals surface area (Å²) in [5.74, 6) is -1.39. The molecular formula is C30H31FN4O7. The van der Waals surface area contributed by atoms with Crippen molar-refractivity contribution < 1.29 is 33.4 Å². The summed E-state index contributed by atoms with van der Waals surface area (Å²) >= 11 is 0. The van der Waals surface area contributed by atoms with E-state index in [-0.39, 0.29) is 55.5 Å². The lowest BCUT2D eigenvalue weighted by molar-refractivity contribution is -0.172. The van der Waals surface area contributed by atoms with E-state index in [4.69, 9.17) is 20.2 Å². The maximum absolute atomic E-state index is 15.1. The number of rotatable bonds is 7. The molecule has 3 aromatic rings. The molecule has 1 aliphatic carbocycles. The largest absolute Gasteiger partial charge is 0.458 e. The average Bonchev–Trinajstić information content (AvgIpc) is 3.32. The minimum Gasteiger partial charge on any atom is -0.458 e. The Labute approximate surface area is 239 Å². The molecule has 42 heavy (non-hydrogen) atoms. The molecule has 6 rings (SSSR count). The predicted molar refractivity (Wildman–Crippen MR) is 148 cm³/mol. The maximum atomic E-state index is 15.1. The lowest BCUT2D eigenvalue weighted by atomic mass is 9.81. The number of nitrogens with zero attached hydrogens (tertiary/aromatic N) is 2. The normalized spacial score (nSPS) is 20.0. The van der Waals surface area contributed by atoms with Gasteiger partial charge in [-0.05, 0) is 61.8 Å². The average molecular weight is 579 g/mol. The fourth-order valence-electron chi connectivity index (χ4n) is 6.53. The first-order valence-corrected chi connectivity index (χ1v) is 14.1. The highest BCUT2D eigenvalue weighted by atomic mass is 19.1. The zero-order valence-electron chi connectivity index (χ0n) is 23.3. The number of pyridine rings is 2. The number of hydrogen-bond donors (Lipinski definition) is 3. The van der Waals surface area contributed by atoms with Crippen LogP contribution in [0.15, 0.2) is 16.9 Å². The van der Waals surface area contributed by atoms with E-state index in [1.807, 2.05) is 0 Å². The van der Waals surface area contributed by atoms with Crippen molar-refractivity contribution >= 4 is 28.9 Å². The number of amides is 2. The summed E-state index contributed by atoms with van der Waals surface area (Å²) in [6.45, 7) is 3.41. The first kappa shape index (κ1) is 27.8. The molecule has 2 aromatic heterocycles. The standard InChI is InChI=1S/C30H31FN4O7/c1-3-30(40)18-10-22-26-16(12-35(22)27(37)17(18)13-42-28(30)38)25-20(33-23(36)6-4-5-9-41-29(32)39)8-7-15-14(2)19(31)11-21(34-26)24(15)25/h10-11,20,40H,3-9,12-13H2,1-2H3,(H2,32,39)(H,33,36)/t20-,30-/m0/s1. The summed E-state index contributed by atoms with van der Waals surface area (Å²) in [4.78, 5) is 54.8. The quantitative estimate of drug-likeness (QED) is 0.223. The third-order valence-corrected chi connectivity index (χ3v) is 8.76. The Balaban J connectivity index is 1.45. The molecule has 0 unspecified atom stereocenters. The minimum atomic E-state index is -1.97. The molecule has 1 aromatic carbocycles. The second-order valence-electron chi connectivity index (χ2n) is 11.1. The molecule has 4 heterocycles. The number of carbonyl (C=O) groups is 3. The van der Waals surface area contributed by atoms with Gasteiger partial charge in [-0.25, -0.2) is 19.0 Å². The summed E-state index contributed by atoms with van der Waals surface area (Å²) < 4.78 is 26.5. The van der Waals surface area contributed by atoms with Gasteiger partial charge < -0.3 is 30.2 Å².